The summed E-state index contributed by atoms with van der Waals surface area (Å²) in [5.74, 6) is -0.131. The van der Waals surface area contributed by atoms with Gasteiger partial charge in [-0.2, -0.15) is 0 Å². The molecule has 0 aliphatic rings. The second-order valence-electron chi connectivity index (χ2n) is 3.97. The third kappa shape index (κ3) is 2.79. The summed E-state index contributed by atoms with van der Waals surface area (Å²) in [5, 5.41) is 2.83. The van der Waals surface area contributed by atoms with Crippen LogP contribution in [-0.4, -0.2) is 15.5 Å². The maximum atomic E-state index is 12.1. The number of aryl methyl sites for hydroxylation is 2. The van der Waals surface area contributed by atoms with Crippen LogP contribution in [0.2, 0.25) is 0 Å². The van der Waals surface area contributed by atoms with Crippen LogP contribution in [0.4, 0.5) is 5.69 Å². The molecule has 2 rings (SSSR count). The molecule has 1 N–H and O–H groups in total. The fraction of sp³-hybridized carbons (Fsp3) is 0.231. The summed E-state index contributed by atoms with van der Waals surface area (Å²) in [7, 11) is 0. The average molecular weight is 308 g/mol. The Labute approximate surface area is 114 Å². The fourth-order valence-corrected chi connectivity index (χ4v) is 2.13. The summed E-state index contributed by atoms with van der Waals surface area (Å²) in [6, 6.07) is 5.51. The highest BCUT2D eigenvalue weighted by molar-refractivity contribution is 9.10. The van der Waals surface area contributed by atoms with Gasteiger partial charge in [-0.05, 0) is 48.0 Å². The SMILES string of the molecule is CCn1cc(Br)cc1C(=O)Nc1ccc(C)nc1. The molecule has 0 aromatic carbocycles. The molecule has 0 saturated carbocycles. The number of hydrogen-bond acceptors (Lipinski definition) is 2. The Morgan fingerprint density at radius 3 is 2.89 bits per heavy atom. The first kappa shape index (κ1) is 12.8. The van der Waals surface area contributed by atoms with Crippen molar-refractivity contribution in [2.45, 2.75) is 20.4 Å². The van der Waals surface area contributed by atoms with Gasteiger partial charge in [0, 0.05) is 22.9 Å². The van der Waals surface area contributed by atoms with Crippen LogP contribution in [0.1, 0.15) is 23.1 Å². The number of hydrogen-bond donors (Lipinski definition) is 1. The van der Waals surface area contributed by atoms with Crippen LogP contribution in [0.3, 0.4) is 0 Å². The van der Waals surface area contributed by atoms with Crippen molar-refractivity contribution in [3.63, 3.8) is 0 Å². The van der Waals surface area contributed by atoms with Gasteiger partial charge in [-0.15, -0.1) is 0 Å². The highest BCUT2D eigenvalue weighted by atomic mass is 79.9. The maximum Gasteiger partial charge on any atom is 0.272 e. The van der Waals surface area contributed by atoms with E-state index in [4.69, 9.17) is 0 Å². The second kappa shape index (κ2) is 5.35. The van der Waals surface area contributed by atoms with Crippen LogP contribution in [-0.2, 0) is 6.54 Å². The number of aromatic nitrogens is 2. The minimum Gasteiger partial charge on any atom is -0.343 e. The van der Waals surface area contributed by atoms with Crippen molar-refractivity contribution in [2.24, 2.45) is 0 Å². The lowest BCUT2D eigenvalue weighted by Gasteiger charge is -2.07. The zero-order valence-corrected chi connectivity index (χ0v) is 11.9. The molecule has 5 heteroatoms. The number of nitrogens with zero attached hydrogens (tertiary/aromatic N) is 2. The van der Waals surface area contributed by atoms with Gasteiger partial charge in [-0.3, -0.25) is 9.78 Å². The van der Waals surface area contributed by atoms with Crippen molar-refractivity contribution in [1.29, 1.82) is 0 Å². The number of carbonyl (C=O) groups excluding carboxylic acids is 1. The van der Waals surface area contributed by atoms with Crippen LogP contribution >= 0.6 is 15.9 Å². The second-order valence-corrected chi connectivity index (χ2v) is 4.89. The minimum atomic E-state index is -0.131. The first-order valence-electron chi connectivity index (χ1n) is 5.70. The van der Waals surface area contributed by atoms with Gasteiger partial charge < -0.3 is 9.88 Å². The van der Waals surface area contributed by atoms with Gasteiger partial charge in [0.1, 0.15) is 5.69 Å². The van der Waals surface area contributed by atoms with E-state index in [-0.39, 0.29) is 5.91 Å². The van der Waals surface area contributed by atoms with E-state index >= 15 is 0 Å². The fourth-order valence-electron chi connectivity index (χ4n) is 1.66. The maximum absolute atomic E-state index is 12.1. The van der Waals surface area contributed by atoms with E-state index in [1.165, 1.54) is 0 Å². The van der Waals surface area contributed by atoms with Gasteiger partial charge in [-0.25, -0.2) is 0 Å². The first-order chi connectivity index (χ1) is 8.60. The molecule has 2 aromatic rings. The van der Waals surface area contributed by atoms with Crippen LogP contribution in [0.5, 0.6) is 0 Å². The molecule has 0 atom stereocenters. The van der Waals surface area contributed by atoms with Gasteiger partial charge in [0.05, 0.1) is 11.9 Å². The van der Waals surface area contributed by atoms with Crippen LogP contribution < -0.4 is 5.32 Å². The summed E-state index contributed by atoms with van der Waals surface area (Å²) >= 11 is 3.37. The molecule has 2 heterocycles. The topological polar surface area (TPSA) is 46.9 Å². The highest BCUT2D eigenvalue weighted by Crippen LogP contribution is 2.16. The van der Waals surface area contributed by atoms with Gasteiger partial charge in [0.15, 0.2) is 0 Å². The summed E-state index contributed by atoms with van der Waals surface area (Å²) < 4.78 is 2.79. The monoisotopic (exact) mass is 307 g/mol. The van der Waals surface area contributed by atoms with Crippen molar-refractivity contribution in [3.05, 3.63) is 46.5 Å². The van der Waals surface area contributed by atoms with Gasteiger partial charge in [0.2, 0.25) is 0 Å². The molecule has 0 spiro atoms. The predicted molar refractivity (Wildman–Crippen MR) is 74.7 cm³/mol. The summed E-state index contributed by atoms with van der Waals surface area (Å²) in [5.41, 5.74) is 2.25. The average Bonchev–Trinajstić information content (AvgIpc) is 2.73. The third-order valence-corrected chi connectivity index (χ3v) is 3.04. The lowest BCUT2D eigenvalue weighted by molar-refractivity contribution is 0.101. The number of carbonyl (C=O) groups is 1. The molecule has 1 amide bonds. The molecule has 2 aromatic heterocycles. The molecule has 0 radical (unpaired) electrons. The van der Waals surface area contributed by atoms with Crippen LogP contribution in [0, 0.1) is 6.92 Å². The van der Waals surface area contributed by atoms with Gasteiger partial charge in [0.25, 0.3) is 5.91 Å². The van der Waals surface area contributed by atoms with Crippen molar-refractivity contribution >= 4 is 27.5 Å². The van der Waals surface area contributed by atoms with E-state index in [1.54, 1.807) is 12.3 Å². The van der Waals surface area contributed by atoms with Crippen LogP contribution in [0.15, 0.2) is 35.1 Å². The third-order valence-electron chi connectivity index (χ3n) is 2.61. The number of anilines is 1. The molecule has 0 unspecified atom stereocenters. The molecular weight excluding hydrogens is 294 g/mol. The van der Waals surface area contributed by atoms with E-state index in [1.807, 2.05) is 36.7 Å². The lowest BCUT2D eigenvalue weighted by atomic mass is 10.3. The Balaban J connectivity index is 2.19. The van der Waals surface area contributed by atoms with Crippen molar-refractivity contribution < 1.29 is 4.79 Å². The molecule has 0 fully saturated rings. The number of nitrogens with one attached hydrogen (secondary N) is 1. The molecule has 0 bridgehead atoms. The molecule has 4 nitrogen and oxygen atoms in total. The van der Waals surface area contributed by atoms with Crippen molar-refractivity contribution in [3.8, 4) is 0 Å². The Morgan fingerprint density at radius 1 is 1.50 bits per heavy atom. The molecular formula is C13H14BrN3O. The van der Waals surface area contributed by atoms with E-state index in [9.17, 15) is 4.79 Å². The number of pyridine rings is 1. The summed E-state index contributed by atoms with van der Waals surface area (Å²) in [4.78, 5) is 16.3. The number of amides is 1. The molecule has 0 aliphatic carbocycles. The zero-order valence-electron chi connectivity index (χ0n) is 10.3. The number of rotatable bonds is 3. The molecule has 18 heavy (non-hydrogen) atoms. The summed E-state index contributed by atoms with van der Waals surface area (Å²) in [6.45, 7) is 4.65. The first-order valence-corrected chi connectivity index (χ1v) is 6.49. The Morgan fingerprint density at radius 2 is 2.28 bits per heavy atom. The molecule has 94 valence electrons. The summed E-state index contributed by atoms with van der Waals surface area (Å²) in [6.07, 6.45) is 3.55. The molecule has 0 aliphatic heterocycles. The number of halogens is 1. The smallest absolute Gasteiger partial charge is 0.272 e. The Kier molecular flexibility index (Phi) is 3.81. The van der Waals surface area contributed by atoms with Gasteiger partial charge >= 0.3 is 0 Å². The van der Waals surface area contributed by atoms with Crippen molar-refractivity contribution in [1.82, 2.24) is 9.55 Å². The van der Waals surface area contributed by atoms with Crippen molar-refractivity contribution in [2.75, 3.05) is 5.32 Å². The normalized spacial score (nSPS) is 10.4. The lowest BCUT2D eigenvalue weighted by Crippen LogP contribution is -2.16. The highest BCUT2D eigenvalue weighted by Gasteiger charge is 2.12. The quantitative estimate of drug-likeness (QED) is 0.946. The Bertz CT molecular complexity index is 560. The Hall–Kier alpha value is -1.62. The van der Waals surface area contributed by atoms with Gasteiger partial charge in [-0.1, -0.05) is 0 Å². The minimum absolute atomic E-state index is 0.131. The van der Waals surface area contributed by atoms with E-state index < -0.39 is 0 Å². The molecule has 0 saturated heterocycles. The predicted octanol–water partition coefficient (Wildman–Crippen LogP) is 3.23. The van der Waals surface area contributed by atoms with E-state index in [0.29, 0.717) is 11.4 Å². The van der Waals surface area contributed by atoms with Crippen LogP contribution in [0.25, 0.3) is 0 Å². The van der Waals surface area contributed by atoms with E-state index in [2.05, 4.69) is 26.2 Å². The largest absolute Gasteiger partial charge is 0.343 e. The zero-order chi connectivity index (χ0) is 13.1. The van der Waals surface area contributed by atoms with E-state index in [0.717, 1.165) is 16.7 Å². The standard InChI is InChI=1S/C13H14BrN3O/c1-3-17-8-10(14)6-12(17)13(18)16-11-5-4-9(2)15-7-11/h4-8H,3H2,1-2H3,(H,16,18).